The molecule has 142 valence electrons. The number of hydrogen-bond acceptors (Lipinski definition) is 6. The van der Waals surface area contributed by atoms with Gasteiger partial charge in [-0.1, -0.05) is 31.5 Å². The van der Waals surface area contributed by atoms with Crippen molar-refractivity contribution in [3.63, 3.8) is 0 Å². The van der Waals surface area contributed by atoms with Crippen molar-refractivity contribution in [3.8, 4) is 5.75 Å². The first kappa shape index (κ1) is 19.0. The third-order valence-electron chi connectivity index (χ3n) is 3.79. The van der Waals surface area contributed by atoms with Crippen molar-refractivity contribution in [2.75, 3.05) is 5.43 Å². The molecule has 0 saturated heterocycles. The second-order valence-corrected chi connectivity index (χ2v) is 6.03. The molecule has 0 atom stereocenters. The van der Waals surface area contributed by atoms with Crippen LogP contribution < -0.4 is 15.7 Å². The van der Waals surface area contributed by atoms with Crippen LogP contribution in [0.25, 0.3) is 0 Å². The fourth-order valence-electron chi connectivity index (χ4n) is 2.48. The molecule has 3 aromatic rings. The van der Waals surface area contributed by atoms with Crippen molar-refractivity contribution >= 4 is 18.1 Å². The van der Waals surface area contributed by atoms with Gasteiger partial charge in [0.05, 0.1) is 11.8 Å². The lowest BCUT2D eigenvalue weighted by atomic mass is 10.2. The summed E-state index contributed by atoms with van der Waals surface area (Å²) in [6, 6.07) is 17.2. The Morgan fingerprint density at radius 1 is 1.18 bits per heavy atom. The van der Waals surface area contributed by atoms with Gasteiger partial charge < -0.3 is 4.74 Å². The summed E-state index contributed by atoms with van der Waals surface area (Å²) < 4.78 is 5.33. The van der Waals surface area contributed by atoms with Crippen molar-refractivity contribution in [3.05, 3.63) is 87.8 Å². The van der Waals surface area contributed by atoms with Crippen LogP contribution in [0.3, 0.4) is 0 Å². The highest BCUT2D eigenvalue weighted by atomic mass is 16.5. The van der Waals surface area contributed by atoms with E-state index in [4.69, 9.17) is 4.74 Å². The SMILES string of the molecule is CCCc1cc(=O)[nH]c(N/N=C/c2ccc(OC(=O)c3ccccc3)cc2)n1. The van der Waals surface area contributed by atoms with Gasteiger partial charge in [-0.2, -0.15) is 5.10 Å². The maximum atomic E-state index is 12.0. The van der Waals surface area contributed by atoms with E-state index in [2.05, 4.69) is 20.5 Å². The Kier molecular flexibility index (Phi) is 6.30. The Morgan fingerprint density at radius 3 is 2.64 bits per heavy atom. The van der Waals surface area contributed by atoms with Crippen LogP contribution in [0.15, 0.2) is 70.6 Å². The lowest BCUT2D eigenvalue weighted by Gasteiger charge is -2.04. The van der Waals surface area contributed by atoms with E-state index in [-0.39, 0.29) is 5.56 Å². The number of benzene rings is 2. The van der Waals surface area contributed by atoms with Gasteiger partial charge in [-0.05, 0) is 48.4 Å². The van der Waals surface area contributed by atoms with Crippen LogP contribution in [0.5, 0.6) is 5.75 Å². The van der Waals surface area contributed by atoms with E-state index in [0.717, 1.165) is 18.4 Å². The Bertz CT molecular complexity index is 1010. The molecule has 1 aromatic heterocycles. The van der Waals surface area contributed by atoms with E-state index in [1.807, 2.05) is 13.0 Å². The minimum atomic E-state index is -0.411. The number of carbonyl (C=O) groups excluding carboxylic acids is 1. The predicted molar refractivity (Wildman–Crippen MR) is 108 cm³/mol. The Labute approximate surface area is 162 Å². The zero-order chi connectivity index (χ0) is 19.8. The van der Waals surface area contributed by atoms with Crippen LogP contribution in [-0.4, -0.2) is 22.2 Å². The number of rotatable bonds is 7. The summed E-state index contributed by atoms with van der Waals surface area (Å²) in [7, 11) is 0. The number of nitrogens with one attached hydrogen (secondary N) is 2. The van der Waals surface area contributed by atoms with Crippen LogP contribution in [0.1, 0.15) is 35.0 Å². The number of aromatic nitrogens is 2. The number of H-pyrrole nitrogens is 1. The third kappa shape index (κ3) is 5.38. The fourth-order valence-corrected chi connectivity index (χ4v) is 2.48. The Balaban J connectivity index is 1.60. The maximum absolute atomic E-state index is 12.0. The summed E-state index contributed by atoms with van der Waals surface area (Å²) in [6.07, 6.45) is 3.21. The number of hydrogen-bond donors (Lipinski definition) is 2. The molecule has 0 aliphatic rings. The summed E-state index contributed by atoms with van der Waals surface area (Å²) in [4.78, 5) is 30.5. The minimum Gasteiger partial charge on any atom is -0.423 e. The summed E-state index contributed by atoms with van der Waals surface area (Å²) >= 11 is 0. The van der Waals surface area contributed by atoms with E-state index in [1.54, 1.807) is 54.7 Å². The molecule has 2 aromatic carbocycles. The van der Waals surface area contributed by atoms with Gasteiger partial charge in [-0.3, -0.25) is 9.78 Å². The molecule has 0 unspecified atom stereocenters. The summed E-state index contributed by atoms with van der Waals surface area (Å²) in [5, 5.41) is 4.08. The van der Waals surface area contributed by atoms with Crippen molar-refractivity contribution < 1.29 is 9.53 Å². The van der Waals surface area contributed by atoms with Crippen molar-refractivity contribution in [1.29, 1.82) is 0 Å². The number of anilines is 1. The first-order valence-electron chi connectivity index (χ1n) is 8.90. The Morgan fingerprint density at radius 2 is 1.93 bits per heavy atom. The average molecular weight is 376 g/mol. The molecule has 7 nitrogen and oxygen atoms in total. The van der Waals surface area contributed by atoms with E-state index in [1.165, 1.54) is 6.07 Å². The van der Waals surface area contributed by atoms with E-state index >= 15 is 0 Å². The summed E-state index contributed by atoms with van der Waals surface area (Å²) in [6.45, 7) is 2.02. The largest absolute Gasteiger partial charge is 0.423 e. The normalized spacial score (nSPS) is 10.8. The topological polar surface area (TPSA) is 96.4 Å². The molecule has 2 N–H and O–H groups in total. The first-order valence-corrected chi connectivity index (χ1v) is 8.90. The highest BCUT2D eigenvalue weighted by molar-refractivity contribution is 5.91. The van der Waals surface area contributed by atoms with Gasteiger partial charge in [0, 0.05) is 11.8 Å². The van der Waals surface area contributed by atoms with Gasteiger partial charge in [0.1, 0.15) is 5.75 Å². The number of hydrazone groups is 1. The molecule has 0 fully saturated rings. The second kappa shape index (κ2) is 9.27. The maximum Gasteiger partial charge on any atom is 0.343 e. The number of aromatic amines is 1. The number of esters is 1. The smallest absolute Gasteiger partial charge is 0.343 e. The molecule has 3 rings (SSSR count). The molecule has 0 aliphatic heterocycles. The van der Waals surface area contributed by atoms with Crippen LogP contribution in [0, 0.1) is 0 Å². The summed E-state index contributed by atoms with van der Waals surface area (Å²) in [5.41, 5.74) is 4.49. The van der Waals surface area contributed by atoms with Crippen LogP contribution in [-0.2, 0) is 6.42 Å². The predicted octanol–water partition coefficient (Wildman–Crippen LogP) is 3.39. The molecule has 28 heavy (non-hydrogen) atoms. The molecule has 0 saturated carbocycles. The molecule has 0 radical (unpaired) electrons. The number of ether oxygens (including phenoxy) is 1. The molecule has 0 spiro atoms. The van der Waals surface area contributed by atoms with Crippen molar-refractivity contribution in [1.82, 2.24) is 9.97 Å². The van der Waals surface area contributed by atoms with Crippen LogP contribution >= 0.6 is 0 Å². The zero-order valence-electron chi connectivity index (χ0n) is 15.4. The van der Waals surface area contributed by atoms with Gasteiger partial charge >= 0.3 is 5.97 Å². The number of aryl methyl sites for hydroxylation is 1. The highest BCUT2D eigenvalue weighted by Gasteiger charge is 2.07. The lowest BCUT2D eigenvalue weighted by Crippen LogP contribution is -2.12. The third-order valence-corrected chi connectivity index (χ3v) is 3.79. The van der Waals surface area contributed by atoms with Gasteiger partial charge in [0.2, 0.25) is 5.95 Å². The standard InChI is InChI=1S/C21H20N4O3/c1-2-6-17-13-19(26)24-21(23-17)25-22-14-15-9-11-18(12-10-15)28-20(27)16-7-4-3-5-8-16/h3-5,7-14H,2,6H2,1H3,(H2,23,24,25,26)/b22-14+. The van der Waals surface area contributed by atoms with Gasteiger partial charge in [-0.25, -0.2) is 15.2 Å². The van der Waals surface area contributed by atoms with Gasteiger partial charge in [0.25, 0.3) is 5.56 Å². The summed E-state index contributed by atoms with van der Waals surface area (Å²) in [5.74, 6) is 0.323. The highest BCUT2D eigenvalue weighted by Crippen LogP contribution is 2.13. The second-order valence-electron chi connectivity index (χ2n) is 6.03. The van der Waals surface area contributed by atoms with E-state index in [9.17, 15) is 9.59 Å². The molecule has 0 bridgehead atoms. The van der Waals surface area contributed by atoms with E-state index < -0.39 is 5.97 Å². The minimum absolute atomic E-state index is 0.222. The molecule has 1 heterocycles. The molecule has 0 aliphatic carbocycles. The van der Waals surface area contributed by atoms with Crippen molar-refractivity contribution in [2.24, 2.45) is 5.10 Å². The molecular weight excluding hydrogens is 356 g/mol. The molecular formula is C21H20N4O3. The van der Waals surface area contributed by atoms with Crippen LogP contribution in [0.4, 0.5) is 5.95 Å². The molecule has 0 amide bonds. The fraction of sp³-hybridized carbons (Fsp3) is 0.143. The lowest BCUT2D eigenvalue weighted by molar-refractivity contribution is 0.0735. The first-order chi connectivity index (χ1) is 13.6. The Hall–Kier alpha value is -3.74. The number of carbonyl (C=O) groups is 1. The quantitative estimate of drug-likeness (QED) is 0.285. The molecule has 7 heteroatoms. The van der Waals surface area contributed by atoms with Gasteiger partial charge in [-0.15, -0.1) is 0 Å². The zero-order valence-corrected chi connectivity index (χ0v) is 15.4. The van der Waals surface area contributed by atoms with Crippen LogP contribution in [0.2, 0.25) is 0 Å². The van der Waals surface area contributed by atoms with Crippen molar-refractivity contribution in [2.45, 2.75) is 19.8 Å². The van der Waals surface area contributed by atoms with E-state index in [0.29, 0.717) is 23.0 Å². The van der Waals surface area contributed by atoms with Gasteiger partial charge in [0.15, 0.2) is 0 Å². The monoisotopic (exact) mass is 376 g/mol. The average Bonchev–Trinajstić information content (AvgIpc) is 2.70. The number of nitrogens with zero attached hydrogens (tertiary/aromatic N) is 2.